The molecule has 0 fully saturated rings. The molecule has 4 N–H and O–H groups in total. The van der Waals surface area contributed by atoms with Crippen molar-refractivity contribution in [3.63, 3.8) is 0 Å². The van der Waals surface area contributed by atoms with E-state index >= 15 is 0 Å². The van der Waals surface area contributed by atoms with Crippen LogP contribution in [0.5, 0.6) is 69.0 Å². The molecule has 105 heavy (non-hydrogen) atoms. The van der Waals surface area contributed by atoms with Crippen LogP contribution >= 0.6 is 31.3 Å². The van der Waals surface area contributed by atoms with E-state index in [1.165, 1.54) is 0 Å². The number of rotatable bonds is 24. The summed E-state index contributed by atoms with van der Waals surface area (Å²) < 4.78 is 113. The summed E-state index contributed by atoms with van der Waals surface area (Å²) in [5.41, 5.74) is 13.1. The molecule has 12 aromatic rings. The Morgan fingerprint density at radius 1 is 0.133 bits per heavy atom. The van der Waals surface area contributed by atoms with Crippen molar-refractivity contribution in [3.8, 4) is 69.0 Å². The largest absolute Gasteiger partial charge is 2.00 e. The van der Waals surface area contributed by atoms with Gasteiger partial charge in [-0.2, -0.15) is 0 Å². The topological polar surface area (TPSA) is 196 Å². The molecule has 0 radical (unpaired) electrons. The summed E-state index contributed by atoms with van der Waals surface area (Å²) in [5.74, 6) is 5.73. The Labute approximate surface area is 626 Å². The fourth-order valence-electron chi connectivity index (χ4n) is 9.01. The molecule has 0 aromatic heterocycles. The first-order chi connectivity index (χ1) is 49.7. The van der Waals surface area contributed by atoms with E-state index in [0.29, 0.717) is 69.0 Å². The van der Waals surface area contributed by atoms with Crippen molar-refractivity contribution in [2.24, 2.45) is 0 Å². The zero-order valence-corrected chi connectivity index (χ0v) is 65.1. The van der Waals surface area contributed by atoms with Crippen LogP contribution in [0.25, 0.3) is 0 Å². The summed E-state index contributed by atoms with van der Waals surface area (Å²) in [4.78, 5) is 0. The zero-order chi connectivity index (χ0) is 74.3. The Hall–Kier alpha value is -10.3. The molecule has 544 valence electrons. The van der Waals surface area contributed by atoms with Crippen LogP contribution in [0.3, 0.4) is 0 Å². The molecule has 12 rings (SSSR count). The van der Waals surface area contributed by atoms with Gasteiger partial charge in [-0.25, -0.2) is 18.3 Å². The maximum atomic E-state index is 11.0. The van der Waals surface area contributed by atoms with Crippen LogP contribution in [0.1, 0.15) is 66.8 Å². The van der Waals surface area contributed by atoms with Gasteiger partial charge in [0.15, 0.2) is 0 Å². The van der Waals surface area contributed by atoms with Gasteiger partial charge in [-0.15, -0.1) is 0 Å². The normalized spacial score (nSPS) is 10.9. The van der Waals surface area contributed by atoms with Crippen molar-refractivity contribution in [2.45, 2.75) is 83.1 Å². The Balaban J connectivity index is 0.000000176. The molecule has 21 heteroatoms. The molecule has 0 saturated heterocycles. The van der Waals surface area contributed by atoms with Gasteiger partial charge in [0.2, 0.25) is 0 Å². The van der Waals surface area contributed by atoms with E-state index in [0.717, 1.165) is 66.8 Å². The maximum Gasteiger partial charge on any atom is 2.00 e. The molecule has 0 amide bonds. The third-order valence-corrected chi connectivity index (χ3v) is 20.2. The number of benzene rings is 12. The van der Waals surface area contributed by atoms with E-state index in [-0.39, 0.29) is 16.5 Å². The van der Waals surface area contributed by atoms with E-state index in [2.05, 4.69) is 0 Å². The van der Waals surface area contributed by atoms with Crippen LogP contribution in [-0.4, -0.2) is 18.3 Å². The van der Waals surface area contributed by atoms with Gasteiger partial charge in [-0.05, 0) is 229 Å². The Morgan fingerprint density at radius 2 is 0.190 bits per heavy atom. The first-order valence-electron chi connectivity index (χ1n) is 33.3. The van der Waals surface area contributed by atoms with Crippen LogP contribution in [0.2, 0.25) is 0 Å². The monoisotopic (exact) mass is 1530 g/mol. The molecule has 0 aliphatic heterocycles. The molecule has 0 spiro atoms. The first-order valence-corrected chi connectivity index (χ1v) is 39.3. The van der Waals surface area contributed by atoms with Crippen LogP contribution in [0.15, 0.2) is 291 Å². The van der Waals surface area contributed by atoms with Crippen LogP contribution < -0.4 is 54.3 Å². The molecular weight excluding hydrogens is 1450 g/mol. The number of aryl methyl sites for hydroxylation is 12. The molecule has 0 heterocycles. The standard InChI is InChI=1S/4C21H21O4P.Ni/c4*1-16-4-10-19(11-5-16)23-26(22,24-20-12-6-17(2)7-13-20)25-21-14-8-18(3)9-15-21;/h4*4-15H,1-3H3;/q;;;;+2/p+4. The average molecular weight is 1540 g/mol. The maximum absolute atomic E-state index is 11.0. The van der Waals surface area contributed by atoms with Gasteiger partial charge in [-0.3, -0.25) is 0 Å². The summed E-state index contributed by atoms with van der Waals surface area (Å²) >= 11 is 0. The second-order valence-corrected chi connectivity index (χ2v) is 30.7. The molecule has 0 bridgehead atoms. The van der Waals surface area contributed by atoms with Gasteiger partial charge < -0.3 is 54.3 Å². The molecule has 0 saturated carbocycles. The third-order valence-electron chi connectivity index (χ3n) is 14.9. The van der Waals surface area contributed by atoms with E-state index in [9.17, 15) is 18.3 Å². The van der Waals surface area contributed by atoms with Gasteiger partial charge in [-0.1, -0.05) is 212 Å². The predicted octanol–water partition coefficient (Wildman–Crippen LogP) is 24.8. The minimum Gasteiger partial charge on any atom is -0.344 e. The quantitative estimate of drug-likeness (QED) is 0.0316. The molecular formula is C84H88NiO16P4+6. The van der Waals surface area contributed by atoms with Crippen molar-refractivity contribution < 1.29 is 89.0 Å². The predicted molar refractivity (Wildman–Crippen MR) is 417 cm³/mol. The second kappa shape index (κ2) is 37.9. The van der Waals surface area contributed by atoms with Gasteiger partial charge in [0, 0.05) is 0 Å². The molecule has 16 nitrogen and oxygen atoms in total. The first kappa shape index (κ1) is 80.3. The van der Waals surface area contributed by atoms with Crippen LogP contribution in [0.4, 0.5) is 0 Å². The summed E-state index contributed by atoms with van der Waals surface area (Å²) in [6, 6.07) is 88.2. The summed E-state index contributed by atoms with van der Waals surface area (Å²) in [7, 11) is -14.7. The summed E-state index contributed by atoms with van der Waals surface area (Å²) in [6.45, 7) is 23.8. The van der Waals surface area contributed by atoms with Crippen molar-refractivity contribution in [2.75, 3.05) is 0 Å². The van der Waals surface area contributed by atoms with E-state index < -0.39 is 31.3 Å². The summed E-state index contributed by atoms with van der Waals surface area (Å²) in [5, 5.41) is 0. The van der Waals surface area contributed by atoms with Crippen molar-refractivity contribution >= 4 is 31.3 Å². The molecule has 12 aromatic carbocycles. The second-order valence-electron chi connectivity index (χ2n) is 24.7. The van der Waals surface area contributed by atoms with Gasteiger partial charge in [0.1, 0.15) is 69.0 Å². The molecule has 0 aliphatic carbocycles. The minimum atomic E-state index is -3.68. The van der Waals surface area contributed by atoms with Crippen molar-refractivity contribution in [1.82, 2.24) is 0 Å². The zero-order valence-electron chi connectivity index (χ0n) is 60.5. The molecule has 0 atom stereocenters. The minimum absolute atomic E-state index is 0. The Morgan fingerprint density at radius 3 is 0.248 bits per heavy atom. The van der Waals surface area contributed by atoms with Gasteiger partial charge >= 0.3 is 47.8 Å². The van der Waals surface area contributed by atoms with E-state index in [1.54, 1.807) is 146 Å². The molecule has 0 aliphatic rings. The van der Waals surface area contributed by atoms with Gasteiger partial charge in [0.05, 0.1) is 0 Å². The summed E-state index contributed by atoms with van der Waals surface area (Å²) in [6.07, 6.45) is 0. The number of hydrogen-bond acceptors (Lipinski definition) is 12. The average Bonchev–Trinajstić information content (AvgIpc) is 0.843. The smallest absolute Gasteiger partial charge is 0.344 e. The Kier molecular flexibility index (Phi) is 29.0. The Bertz CT molecular complexity index is 3750. The molecule has 0 unspecified atom stereocenters. The number of hydrogen-bond donors (Lipinski definition) is 0. The SMILES string of the molecule is Cc1ccc(OP(=[OH+])(Oc2ccc(C)cc2)Oc2ccc(C)cc2)cc1.Cc1ccc(OP(=[OH+])(Oc2ccc(C)cc2)Oc2ccc(C)cc2)cc1.Cc1ccc(OP(=[OH+])(Oc2ccc(C)cc2)Oc2ccc(C)cc2)cc1.Cc1ccc(OP(=[OH+])(Oc2ccc(C)cc2)Oc2ccc(C)cc2)cc1.[Ni+2]. The third kappa shape index (κ3) is 27.3. The van der Waals surface area contributed by atoms with Gasteiger partial charge in [0.25, 0.3) is 0 Å². The fourth-order valence-corrected chi connectivity index (χ4v) is 14.1. The van der Waals surface area contributed by atoms with Crippen molar-refractivity contribution in [3.05, 3.63) is 358 Å². The van der Waals surface area contributed by atoms with Crippen LogP contribution in [0, 0.1) is 83.1 Å². The van der Waals surface area contributed by atoms with E-state index in [4.69, 9.17) is 54.3 Å². The van der Waals surface area contributed by atoms with E-state index in [1.807, 2.05) is 229 Å². The fraction of sp³-hybridized carbons (Fsp3) is 0.143. The van der Waals surface area contributed by atoms with Crippen molar-refractivity contribution in [1.29, 1.82) is 0 Å². The van der Waals surface area contributed by atoms with Crippen LogP contribution in [-0.2, 0) is 16.5 Å².